The van der Waals surface area contributed by atoms with Crippen molar-refractivity contribution in [3.63, 3.8) is 0 Å². The van der Waals surface area contributed by atoms with Crippen LogP contribution < -0.4 is 15.5 Å². The number of nitrogens with one attached hydrogen (secondary N) is 2. The molecule has 1 fully saturated rings. The highest BCUT2D eigenvalue weighted by Crippen LogP contribution is 2.40. The third-order valence-electron chi connectivity index (χ3n) is 6.59. The zero-order chi connectivity index (χ0) is 23.0. The van der Waals surface area contributed by atoms with Gasteiger partial charge < -0.3 is 5.32 Å². The summed E-state index contributed by atoms with van der Waals surface area (Å²) in [5, 5.41) is 5.99. The van der Waals surface area contributed by atoms with Gasteiger partial charge in [-0.1, -0.05) is 26.7 Å². The first kappa shape index (κ1) is 21.9. The Morgan fingerprint density at radius 3 is 2.72 bits per heavy atom. The first-order valence-electron chi connectivity index (χ1n) is 11.3. The van der Waals surface area contributed by atoms with Crippen LogP contribution in [0, 0.1) is 5.92 Å². The summed E-state index contributed by atoms with van der Waals surface area (Å²) in [7, 11) is 0. The van der Waals surface area contributed by atoms with Crippen LogP contribution >= 0.6 is 0 Å². The van der Waals surface area contributed by atoms with E-state index in [0.717, 1.165) is 19.3 Å². The maximum Gasteiger partial charge on any atom is 0.259 e. The molecule has 8 nitrogen and oxygen atoms in total. The molecule has 2 N–H and O–H groups in total. The van der Waals surface area contributed by atoms with Crippen molar-refractivity contribution in [1.82, 2.24) is 15.6 Å². The number of hydrogen-bond donors (Lipinski definition) is 2. The Morgan fingerprint density at radius 2 is 2.03 bits per heavy atom. The molecule has 0 radical (unpaired) electrons. The highest BCUT2D eigenvalue weighted by molar-refractivity contribution is 6.28. The second kappa shape index (κ2) is 8.68. The summed E-state index contributed by atoms with van der Waals surface area (Å²) in [5.74, 6) is -0.979. The molecule has 1 saturated heterocycles. The van der Waals surface area contributed by atoms with Crippen LogP contribution in [0.25, 0.3) is 10.9 Å². The molecule has 3 unspecified atom stereocenters. The van der Waals surface area contributed by atoms with Crippen LogP contribution in [0.1, 0.15) is 73.6 Å². The van der Waals surface area contributed by atoms with Gasteiger partial charge in [0.25, 0.3) is 11.8 Å². The van der Waals surface area contributed by atoms with Crippen LogP contribution in [0.3, 0.4) is 0 Å². The highest BCUT2D eigenvalue weighted by atomic mass is 16.2. The standard InChI is InChI=1S/C24H28N4O4/c1-4-6-14(5-2)13(3)26-22(30)16-8-7-15-20-17(11-12-25-21(16)20)28(24(15)32)18-9-10-19(29)27-23(18)31/h7-8,11-14,18H,4-6,9-10H2,1-3H3,(H,26,30)(H,27,29,31). The molecule has 8 heteroatoms. The van der Waals surface area contributed by atoms with Crippen LogP contribution in [-0.4, -0.2) is 40.7 Å². The van der Waals surface area contributed by atoms with Gasteiger partial charge in [-0.2, -0.15) is 0 Å². The maximum atomic E-state index is 13.2. The minimum absolute atomic E-state index is 0.0112. The largest absolute Gasteiger partial charge is 0.349 e. The lowest BCUT2D eigenvalue weighted by Gasteiger charge is -2.30. The van der Waals surface area contributed by atoms with E-state index in [9.17, 15) is 19.2 Å². The van der Waals surface area contributed by atoms with Gasteiger partial charge in [-0.15, -0.1) is 0 Å². The van der Waals surface area contributed by atoms with Gasteiger partial charge in [-0.3, -0.25) is 34.4 Å². The molecule has 0 spiro atoms. The van der Waals surface area contributed by atoms with E-state index in [0.29, 0.717) is 33.6 Å². The van der Waals surface area contributed by atoms with Crippen LogP contribution in [0.4, 0.5) is 5.69 Å². The monoisotopic (exact) mass is 436 g/mol. The smallest absolute Gasteiger partial charge is 0.259 e. The van der Waals surface area contributed by atoms with Crippen molar-refractivity contribution in [3.05, 3.63) is 35.5 Å². The van der Waals surface area contributed by atoms with Gasteiger partial charge in [0.05, 0.1) is 22.3 Å². The summed E-state index contributed by atoms with van der Waals surface area (Å²) in [4.78, 5) is 56.2. The average Bonchev–Trinajstić information content (AvgIpc) is 3.05. The number of amides is 4. The van der Waals surface area contributed by atoms with Gasteiger partial charge in [0.15, 0.2) is 0 Å². The predicted molar refractivity (Wildman–Crippen MR) is 120 cm³/mol. The molecular weight excluding hydrogens is 408 g/mol. The van der Waals surface area contributed by atoms with Gasteiger partial charge >= 0.3 is 0 Å². The summed E-state index contributed by atoms with van der Waals surface area (Å²) in [6, 6.07) is 4.18. The normalized spacial score (nSPS) is 19.8. The predicted octanol–water partition coefficient (Wildman–Crippen LogP) is 2.94. The number of pyridine rings is 1. The van der Waals surface area contributed by atoms with Crippen molar-refractivity contribution < 1.29 is 19.2 Å². The summed E-state index contributed by atoms with van der Waals surface area (Å²) in [5.41, 5.74) is 1.80. The molecule has 2 aliphatic rings. The van der Waals surface area contributed by atoms with Gasteiger partial charge in [0.2, 0.25) is 11.8 Å². The fourth-order valence-electron chi connectivity index (χ4n) is 4.87. The minimum Gasteiger partial charge on any atom is -0.349 e. The number of carbonyl (C=O) groups is 4. The molecule has 3 atom stereocenters. The first-order chi connectivity index (χ1) is 15.4. The lowest BCUT2D eigenvalue weighted by Crippen LogP contribution is -2.53. The molecule has 4 amide bonds. The Hall–Kier alpha value is -3.29. The molecule has 32 heavy (non-hydrogen) atoms. The van der Waals surface area contributed by atoms with Crippen LogP contribution in [0.2, 0.25) is 0 Å². The van der Waals surface area contributed by atoms with Gasteiger partial charge in [-0.25, -0.2) is 0 Å². The van der Waals surface area contributed by atoms with Gasteiger partial charge in [0, 0.05) is 24.0 Å². The van der Waals surface area contributed by atoms with Crippen molar-refractivity contribution in [1.29, 1.82) is 0 Å². The zero-order valence-corrected chi connectivity index (χ0v) is 18.6. The van der Waals surface area contributed by atoms with Crippen molar-refractivity contribution in [2.45, 2.75) is 65.0 Å². The molecule has 2 aromatic rings. The third kappa shape index (κ3) is 3.63. The van der Waals surface area contributed by atoms with E-state index in [1.165, 1.54) is 4.90 Å². The fourth-order valence-corrected chi connectivity index (χ4v) is 4.87. The number of benzene rings is 1. The second-order valence-electron chi connectivity index (χ2n) is 8.58. The Bertz CT molecular complexity index is 1110. The molecule has 1 aromatic heterocycles. The third-order valence-corrected chi connectivity index (χ3v) is 6.59. The summed E-state index contributed by atoms with van der Waals surface area (Å²) in [6.07, 6.45) is 5.05. The number of anilines is 1. The average molecular weight is 437 g/mol. The Balaban J connectivity index is 1.69. The molecular formula is C24H28N4O4. The Labute approximate surface area is 186 Å². The summed E-state index contributed by atoms with van der Waals surface area (Å²) < 4.78 is 0. The molecule has 0 aliphatic carbocycles. The van der Waals surface area contributed by atoms with E-state index in [-0.39, 0.29) is 36.6 Å². The van der Waals surface area contributed by atoms with E-state index < -0.39 is 11.9 Å². The maximum absolute atomic E-state index is 13.2. The summed E-state index contributed by atoms with van der Waals surface area (Å²) in [6.45, 7) is 6.28. The number of hydrogen-bond acceptors (Lipinski definition) is 5. The topological polar surface area (TPSA) is 108 Å². The number of rotatable bonds is 7. The number of carbonyl (C=O) groups excluding carboxylic acids is 4. The fraction of sp³-hybridized carbons (Fsp3) is 0.458. The number of piperidine rings is 1. The minimum atomic E-state index is -0.769. The van der Waals surface area contributed by atoms with E-state index in [1.54, 1.807) is 24.4 Å². The van der Waals surface area contributed by atoms with Crippen molar-refractivity contribution in [2.75, 3.05) is 4.90 Å². The lowest BCUT2D eigenvalue weighted by molar-refractivity contribution is -0.134. The van der Waals surface area contributed by atoms with E-state index in [4.69, 9.17) is 0 Å². The highest BCUT2D eigenvalue weighted by Gasteiger charge is 2.41. The second-order valence-corrected chi connectivity index (χ2v) is 8.58. The quantitative estimate of drug-likeness (QED) is 0.649. The van der Waals surface area contributed by atoms with Gasteiger partial charge in [-0.05, 0) is 43.9 Å². The molecule has 0 saturated carbocycles. The van der Waals surface area contributed by atoms with E-state index >= 15 is 0 Å². The van der Waals surface area contributed by atoms with E-state index in [1.807, 2.05) is 6.92 Å². The van der Waals surface area contributed by atoms with E-state index in [2.05, 4.69) is 29.5 Å². The molecule has 1 aromatic carbocycles. The lowest BCUT2D eigenvalue weighted by atomic mass is 9.93. The Kier molecular flexibility index (Phi) is 5.95. The Morgan fingerprint density at radius 1 is 1.25 bits per heavy atom. The van der Waals surface area contributed by atoms with Crippen LogP contribution in [-0.2, 0) is 9.59 Å². The molecule has 3 heterocycles. The number of imide groups is 1. The molecule has 2 aliphatic heterocycles. The zero-order valence-electron chi connectivity index (χ0n) is 18.6. The van der Waals surface area contributed by atoms with Gasteiger partial charge in [0.1, 0.15) is 6.04 Å². The van der Waals surface area contributed by atoms with Crippen molar-refractivity contribution in [2.24, 2.45) is 5.92 Å². The van der Waals surface area contributed by atoms with Crippen LogP contribution in [0.15, 0.2) is 24.4 Å². The number of nitrogens with zero attached hydrogens (tertiary/aromatic N) is 2. The van der Waals surface area contributed by atoms with Crippen molar-refractivity contribution in [3.8, 4) is 0 Å². The summed E-state index contributed by atoms with van der Waals surface area (Å²) >= 11 is 0. The van der Waals surface area contributed by atoms with Crippen molar-refractivity contribution >= 4 is 40.2 Å². The SMILES string of the molecule is CCCC(CC)C(C)NC(=O)c1ccc2c3c(ccnc13)N(C1CCC(=O)NC1=O)C2=O. The number of aromatic nitrogens is 1. The molecule has 168 valence electrons. The molecule has 4 rings (SSSR count). The molecule has 0 bridgehead atoms. The first-order valence-corrected chi connectivity index (χ1v) is 11.3. The van der Waals surface area contributed by atoms with Crippen LogP contribution in [0.5, 0.6) is 0 Å².